The summed E-state index contributed by atoms with van der Waals surface area (Å²) in [7, 11) is 0. The number of amides is 2. The summed E-state index contributed by atoms with van der Waals surface area (Å²) in [5.74, 6) is -0.131. The quantitative estimate of drug-likeness (QED) is 0.539. The topological polar surface area (TPSA) is 58.6 Å². The van der Waals surface area contributed by atoms with Gasteiger partial charge in [-0.25, -0.2) is 0 Å². The second kappa shape index (κ2) is 11.1. The first-order chi connectivity index (χ1) is 14.8. The maximum Gasteiger partial charge on any atom is 0.261 e. The van der Waals surface area contributed by atoms with Crippen LogP contribution in [0.1, 0.15) is 38.2 Å². The highest BCUT2D eigenvalue weighted by atomic mass is 35.5. The van der Waals surface area contributed by atoms with Crippen molar-refractivity contribution in [1.82, 2.24) is 10.2 Å². The number of nitrogens with zero attached hydrogens (tertiary/aromatic N) is 1. The van der Waals surface area contributed by atoms with Crippen LogP contribution in [-0.2, 0) is 16.1 Å². The van der Waals surface area contributed by atoms with E-state index in [4.69, 9.17) is 39.5 Å². The van der Waals surface area contributed by atoms with Crippen LogP contribution in [-0.4, -0.2) is 35.4 Å². The molecule has 1 saturated carbocycles. The third-order valence-electron chi connectivity index (χ3n) is 5.41. The molecular formula is C23H25Cl3N2O3. The summed E-state index contributed by atoms with van der Waals surface area (Å²) in [4.78, 5) is 27.5. The summed E-state index contributed by atoms with van der Waals surface area (Å²) in [6, 6.07) is 11.5. The second-order valence-corrected chi connectivity index (χ2v) is 8.89. The molecule has 1 aliphatic carbocycles. The van der Waals surface area contributed by atoms with Gasteiger partial charge >= 0.3 is 0 Å². The summed E-state index contributed by atoms with van der Waals surface area (Å²) in [6.07, 6.45) is 4.14. The van der Waals surface area contributed by atoms with Gasteiger partial charge in [-0.1, -0.05) is 65.8 Å². The van der Waals surface area contributed by atoms with Gasteiger partial charge in [-0.2, -0.15) is 0 Å². The van der Waals surface area contributed by atoms with Gasteiger partial charge in [-0.3, -0.25) is 9.59 Å². The standard InChI is InChI=1S/C23H25Cl3N2O3/c1-15(23(30)27-18-6-2-3-7-18)28(13-16-10-11-17(24)12-20(16)26)22(29)14-31-21-9-5-4-8-19(21)25/h4-5,8-12,15,18H,2-3,6-7,13-14H2,1H3,(H,27,30)/t15-/m0/s1. The molecule has 0 spiro atoms. The minimum atomic E-state index is -0.699. The van der Waals surface area contributed by atoms with Crippen LogP contribution in [0.2, 0.25) is 15.1 Å². The number of rotatable bonds is 8. The van der Waals surface area contributed by atoms with Crippen LogP contribution in [0.5, 0.6) is 5.75 Å². The molecule has 166 valence electrons. The van der Waals surface area contributed by atoms with E-state index in [1.54, 1.807) is 49.4 Å². The zero-order valence-electron chi connectivity index (χ0n) is 17.2. The van der Waals surface area contributed by atoms with Crippen molar-refractivity contribution in [3.05, 3.63) is 63.1 Å². The van der Waals surface area contributed by atoms with E-state index in [2.05, 4.69) is 5.32 Å². The van der Waals surface area contributed by atoms with Crippen LogP contribution in [0.3, 0.4) is 0 Å². The summed E-state index contributed by atoms with van der Waals surface area (Å²) in [5.41, 5.74) is 0.692. The van der Waals surface area contributed by atoms with E-state index < -0.39 is 6.04 Å². The lowest BCUT2D eigenvalue weighted by Crippen LogP contribution is -2.50. The van der Waals surface area contributed by atoms with Crippen molar-refractivity contribution < 1.29 is 14.3 Å². The summed E-state index contributed by atoms with van der Waals surface area (Å²) >= 11 is 18.4. The molecule has 2 aromatic rings. The Morgan fingerprint density at radius 1 is 1.10 bits per heavy atom. The number of benzene rings is 2. The average molecular weight is 484 g/mol. The van der Waals surface area contributed by atoms with E-state index >= 15 is 0 Å². The van der Waals surface area contributed by atoms with E-state index in [-0.39, 0.29) is 31.0 Å². The predicted octanol–water partition coefficient (Wildman–Crippen LogP) is 5.50. The molecule has 2 aromatic carbocycles. The summed E-state index contributed by atoms with van der Waals surface area (Å²) < 4.78 is 5.62. The molecule has 0 saturated heterocycles. The molecule has 1 fully saturated rings. The number of hydrogen-bond acceptors (Lipinski definition) is 3. The highest BCUT2D eigenvalue weighted by molar-refractivity contribution is 6.35. The van der Waals surface area contributed by atoms with Crippen molar-refractivity contribution in [3.63, 3.8) is 0 Å². The minimum Gasteiger partial charge on any atom is -0.482 e. The van der Waals surface area contributed by atoms with E-state index in [1.165, 1.54) is 4.90 Å². The molecule has 2 amide bonds. The molecule has 31 heavy (non-hydrogen) atoms. The molecule has 0 bridgehead atoms. The second-order valence-electron chi connectivity index (χ2n) is 7.64. The molecule has 0 radical (unpaired) electrons. The van der Waals surface area contributed by atoms with Gasteiger partial charge in [0.2, 0.25) is 5.91 Å². The molecule has 1 aliphatic rings. The first-order valence-electron chi connectivity index (χ1n) is 10.3. The largest absolute Gasteiger partial charge is 0.482 e. The zero-order chi connectivity index (χ0) is 22.4. The predicted molar refractivity (Wildman–Crippen MR) is 124 cm³/mol. The third kappa shape index (κ3) is 6.52. The van der Waals surface area contributed by atoms with Gasteiger partial charge in [-0.15, -0.1) is 0 Å². The van der Waals surface area contributed by atoms with E-state index in [0.29, 0.717) is 26.4 Å². The van der Waals surface area contributed by atoms with Gasteiger partial charge in [0.25, 0.3) is 5.91 Å². The van der Waals surface area contributed by atoms with E-state index in [9.17, 15) is 9.59 Å². The lowest BCUT2D eigenvalue weighted by Gasteiger charge is -2.30. The fourth-order valence-corrected chi connectivity index (χ4v) is 4.25. The maximum atomic E-state index is 13.1. The van der Waals surface area contributed by atoms with E-state index in [1.807, 2.05) is 0 Å². The molecule has 0 aliphatic heterocycles. The van der Waals surface area contributed by atoms with Crippen molar-refractivity contribution in [2.24, 2.45) is 0 Å². The van der Waals surface area contributed by atoms with Gasteiger partial charge in [0.05, 0.1) is 5.02 Å². The van der Waals surface area contributed by atoms with Crippen LogP contribution >= 0.6 is 34.8 Å². The number of carbonyl (C=O) groups is 2. The van der Waals surface area contributed by atoms with Crippen molar-refractivity contribution in [1.29, 1.82) is 0 Å². The van der Waals surface area contributed by atoms with Crippen molar-refractivity contribution in [2.45, 2.75) is 51.2 Å². The van der Waals surface area contributed by atoms with Gasteiger partial charge in [0.15, 0.2) is 6.61 Å². The number of hydrogen-bond donors (Lipinski definition) is 1. The highest BCUT2D eigenvalue weighted by Crippen LogP contribution is 2.25. The van der Waals surface area contributed by atoms with Crippen molar-refractivity contribution >= 4 is 46.6 Å². The Balaban J connectivity index is 1.75. The Morgan fingerprint density at radius 3 is 2.48 bits per heavy atom. The van der Waals surface area contributed by atoms with Crippen LogP contribution in [0.25, 0.3) is 0 Å². The lowest BCUT2D eigenvalue weighted by molar-refractivity contribution is -0.142. The Labute approximate surface area is 197 Å². The molecule has 0 aromatic heterocycles. The number of ether oxygens (including phenoxy) is 1. The molecule has 3 rings (SSSR count). The van der Waals surface area contributed by atoms with Crippen molar-refractivity contribution in [3.8, 4) is 5.75 Å². The zero-order valence-corrected chi connectivity index (χ0v) is 19.5. The van der Waals surface area contributed by atoms with Gasteiger partial charge in [0, 0.05) is 22.6 Å². The number of para-hydroxylation sites is 1. The Bertz CT molecular complexity index is 932. The summed E-state index contributed by atoms with van der Waals surface area (Å²) in [6.45, 7) is 1.61. The van der Waals surface area contributed by atoms with Crippen LogP contribution < -0.4 is 10.1 Å². The monoisotopic (exact) mass is 482 g/mol. The van der Waals surface area contributed by atoms with Crippen LogP contribution in [0.15, 0.2) is 42.5 Å². The SMILES string of the molecule is C[C@@H](C(=O)NC1CCCC1)N(Cc1ccc(Cl)cc1Cl)C(=O)COc1ccccc1Cl. The van der Waals surface area contributed by atoms with Crippen molar-refractivity contribution in [2.75, 3.05) is 6.61 Å². The minimum absolute atomic E-state index is 0.153. The van der Waals surface area contributed by atoms with E-state index in [0.717, 1.165) is 25.7 Å². The number of carbonyl (C=O) groups excluding carboxylic acids is 2. The Hall–Kier alpha value is -1.95. The Morgan fingerprint density at radius 2 is 1.81 bits per heavy atom. The average Bonchev–Trinajstić information content (AvgIpc) is 3.25. The molecular weight excluding hydrogens is 459 g/mol. The third-order valence-corrected chi connectivity index (χ3v) is 6.31. The maximum absolute atomic E-state index is 13.1. The first-order valence-corrected chi connectivity index (χ1v) is 11.4. The number of nitrogens with one attached hydrogen (secondary N) is 1. The smallest absolute Gasteiger partial charge is 0.261 e. The molecule has 8 heteroatoms. The highest BCUT2D eigenvalue weighted by Gasteiger charge is 2.29. The first kappa shape index (κ1) is 23.7. The normalized spacial score (nSPS) is 14.8. The van der Waals surface area contributed by atoms with Gasteiger partial charge in [0.1, 0.15) is 11.8 Å². The molecule has 1 atom stereocenters. The fraction of sp³-hybridized carbons (Fsp3) is 0.391. The molecule has 0 heterocycles. The van der Waals surface area contributed by atoms with Gasteiger partial charge in [-0.05, 0) is 49.6 Å². The lowest BCUT2D eigenvalue weighted by atomic mass is 10.1. The molecule has 1 N–H and O–H groups in total. The molecule has 5 nitrogen and oxygen atoms in total. The van der Waals surface area contributed by atoms with Crippen LogP contribution in [0, 0.1) is 0 Å². The van der Waals surface area contributed by atoms with Gasteiger partial charge < -0.3 is 15.0 Å². The fourth-order valence-electron chi connectivity index (χ4n) is 3.59. The Kier molecular flexibility index (Phi) is 8.47. The van der Waals surface area contributed by atoms with Crippen LogP contribution in [0.4, 0.5) is 0 Å². The molecule has 0 unspecified atom stereocenters. The summed E-state index contributed by atoms with van der Waals surface area (Å²) in [5, 5.41) is 4.40. The number of halogens is 3.